The molecule has 1 aromatic carbocycles. The fourth-order valence-corrected chi connectivity index (χ4v) is 0.604. The molecule has 1 rings (SSSR count). The molecule has 0 aromatic heterocycles. The van der Waals surface area contributed by atoms with Gasteiger partial charge in [-0.1, -0.05) is 0 Å². The molecule has 0 radical (unpaired) electrons. The van der Waals surface area contributed by atoms with E-state index in [1.165, 1.54) is 0 Å². The van der Waals surface area contributed by atoms with Gasteiger partial charge >= 0.3 is 10.4 Å². The van der Waals surface area contributed by atoms with E-state index in [-0.39, 0.29) is 0 Å². The van der Waals surface area contributed by atoms with Crippen LogP contribution in [0.3, 0.4) is 0 Å². The number of anilines is 1. The van der Waals surface area contributed by atoms with Gasteiger partial charge in [0.05, 0.1) is 7.11 Å². The van der Waals surface area contributed by atoms with E-state index in [9.17, 15) is 0 Å². The first-order valence-corrected chi connectivity index (χ1v) is 4.82. The summed E-state index contributed by atoms with van der Waals surface area (Å²) in [7, 11) is -3.04. The van der Waals surface area contributed by atoms with Crippen LogP contribution in [0.25, 0.3) is 0 Å². The van der Waals surface area contributed by atoms with Crippen molar-refractivity contribution in [3.05, 3.63) is 24.3 Å². The van der Waals surface area contributed by atoms with E-state index in [0.717, 1.165) is 11.4 Å². The maximum Gasteiger partial charge on any atom is 0.394 e. The van der Waals surface area contributed by atoms with Crippen molar-refractivity contribution in [1.29, 1.82) is 0 Å². The molecule has 0 aliphatic carbocycles. The van der Waals surface area contributed by atoms with E-state index >= 15 is 0 Å². The number of hydrogen-bond acceptors (Lipinski definition) is 4. The molecule has 0 amide bonds. The maximum atomic E-state index is 8.74. The van der Waals surface area contributed by atoms with Crippen molar-refractivity contribution in [2.24, 2.45) is 0 Å². The monoisotopic (exact) mass is 221 g/mol. The number of rotatable bonds is 1. The number of nitrogens with two attached hydrogens (primary N) is 1. The van der Waals surface area contributed by atoms with Crippen LogP contribution in [0, 0.1) is 0 Å². The molecule has 1 aromatic rings. The van der Waals surface area contributed by atoms with Crippen molar-refractivity contribution in [2.45, 2.75) is 0 Å². The smallest absolute Gasteiger partial charge is 0.394 e. The Labute approximate surface area is 81.9 Å². The van der Waals surface area contributed by atoms with E-state index in [0.29, 0.717) is 0 Å². The van der Waals surface area contributed by atoms with Gasteiger partial charge in [-0.3, -0.25) is 9.11 Å². The lowest BCUT2D eigenvalue weighted by atomic mass is 10.3. The largest absolute Gasteiger partial charge is 0.497 e. The van der Waals surface area contributed by atoms with E-state index in [2.05, 4.69) is 0 Å². The first-order valence-electron chi connectivity index (χ1n) is 3.42. The van der Waals surface area contributed by atoms with Crippen LogP contribution in [0.15, 0.2) is 24.3 Å². The van der Waals surface area contributed by atoms with E-state index in [1.807, 2.05) is 12.1 Å². The summed E-state index contributed by atoms with van der Waals surface area (Å²) in [5.74, 6) is 0.837. The minimum Gasteiger partial charge on any atom is -0.497 e. The third-order valence-electron chi connectivity index (χ3n) is 1.12. The average molecular weight is 221 g/mol. The highest BCUT2D eigenvalue weighted by molar-refractivity contribution is 7.79. The quantitative estimate of drug-likeness (QED) is 0.473. The highest BCUT2D eigenvalue weighted by Crippen LogP contribution is 2.11. The second-order valence-electron chi connectivity index (χ2n) is 2.22. The molecule has 0 bridgehead atoms. The Morgan fingerprint density at radius 2 is 1.57 bits per heavy atom. The number of benzene rings is 1. The highest BCUT2D eigenvalue weighted by Gasteiger charge is 1.86. The molecule has 0 saturated heterocycles. The Bertz CT molecular complexity index is 350. The standard InChI is InChI=1S/C7H9NO.H2O4S/c1-9-7-4-2-6(8)3-5-7;1-5(2,3)4/h2-5H,8H2,1H3;(H2,1,2,3,4). The summed E-state index contributed by atoms with van der Waals surface area (Å²) in [5, 5.41) is 0. The molecule has 7 heteroatoms. The zero-order chi connectivity index (χ0) is 11.2. The van der Waals surface area contributed by atoms with Gasteiger partial charge in [-0.2, -0.15) is 8.42 Å². The molecule has 0 spiro atoms. The molecule has 0 aliphatic rings. The SMILES string of the molecule is COc1ccc(N)cc1.O=S(=O)(O)O. The Morgan fingerprint density at radius 1 is 1.21 bits per heavy atom. The second-order valence-corrected chi connectivity index (χ2v) is 3.12. The van der Waals surface area contributed by atoms with Gasteiger partial charge in [-0.05, 0) is 24.3 Å². The number of nitrogen functional groups attached to an aromatic ring is 1. The Morgan fingerprint density at radius 3 is 1.86 bits per heavy atom. The van der Waals surface area contributed by atoms with E-state index < -0.39 is 10.4 Å². The first kappa shape index (κ1) is 12.7. The predicted octanol–water partition coefficient (Wildman–Crippen LogP) is 0.625. The molecule has 0 fully saturated rings. The molecular weight excluding hydrogens is 210 g/mol. The average Bonchev–Trinajstić information content (AvgIpc) is 2.03. The van der Waals surface area contributed by atoms with Crippen LogP contribution in [0.2, 0.25) is 0 Å². The lowest BCUT2D eigenvalue weighted by Crippen LogP contribution is -1.89. The molecule has 4 N–H and O–H groups in total. The molecule has 0 aliphatic heterocycles. The summed E-state index contributed by atoms with van der Waals surface area (Å²) < 4.78 is 36.5. The van der Waals surface area contributed by atoms with Gasteiger partial charge in [0, 0.05) is 5.69 Å². The summed E-state index contributed by atoms with van der Waals surface area (Å²) in [6.45, 7) is 0. The fourth-order valence-electron chi connectivity index (χ4n) is 0.604. The van der Waals surface area contributed by atoms with Gasteiger partial charge in [0.2, 0.25) is 0 Å². The molecule has 6 nitrogen and oxygen atoms in total. The third-order valence-corrected chi connectivity index (χ3v) is 1.12. The lowest BCUT2D eigenvalue weighted by Gasteiger charge is -1.97. The number of hydrogen-bond donors (Lipinski definition) is 3. The first-order chi connectivity index (χ1) is 6.33. The fraction of sp³-hybridized carbons (Fsp3) is 0.143. The summed E-state index contributed by atoms with van der Waals surface area (Å²) >= 11 is 0. The molecule has 0 unspecified atom stereocenters. The normalized spacial score (nSPS) is 9.93. The van der Waals surface area contributed by atoms with Crippen molar-refractivity contribution in [2.75, 3.05) is 12.8 Å². The van der Waals surface area contributed by atoms with Crippen LogP contribution in [0.5, 0.6) is 5.75 Å². The van der Waals surface area contributed by atoms with Gasteiger partial charge in [-0.25, -0.2) is 0 Å². The number of ether oxygens (including phenoxy) is 1. The zero-order valence-corrected chi connectivity index (χ0v) is 8.23. The topological polar surface area (TPSA) is 110 Å². The van der Waals surface area contributed by atoms with Crippen molar-refractivity contribution in [1.82, 2.24) is 0 Å². The Hall–Kier alpha value is -1.31. The van der Waals surface area contributed by atoms with Gasteiger partial charge in [0.25, 0.3) is 0 Å². The van der Waals surface area contributed by atoms with Gasteiger partial charge < -0.3 is 10.5 Å². The van der Waals surface area contributed by atoms with Crippen molar-refractivity contribution in [3.63, 3.8) is 0 Å². The van der Waals surface area contributed by atoms with Crippen molar-refractivity contribution >= 4 is 16.1 Å². The van der Waals surface area contributed by atoms with Gasteiger partial charge in [-0.15, -0.1) is 0 Å². The number of methoxy groups -OCH3 is 1. The maximum absolute atomic E-state index is 8.74. The third kappa shape index (κ3) is 8.78. The van der Waals surface area contributed by atoms with Crippen LogP contribution >= 0.6 is 0 Å². The summed E-state index contributed by atoms with van der Waals surface area (Å²) in [5.41, 5.74) is 6.19. The molecule has 0 heterocycles. The summed E-state index contributed by atoms with van der Waals surface area (Å²) in [4.78, 5) is 0. The molecular formula is C7H11NO5S. The Kier molecular flexibility index (Phi) is 4.92. The highest BCUT2D eigenvalue weighted by atomic mass is 32.3. The lowest BCUT2D eigenvalue weighted by molar-refractivity contribution is 0.381. The van der Waals surface area contributed by atoms with Crippen molar-refractivity contribution < 1.29 is 22.3 Å². The van der Waals surface area contributed by atoms with Gasteiger partial charge in [0.15, 0.2) is 0 Å². The molecule has 0 atom stereocenters. The van der Waals surface area contributed by atoms with Crippen LogP contribution < -0.4 is 10.5 Å². The van der Waals surface area contributed by atoms with Crippen LogP contribution in [0.1, 0.15) is 0 Å². The van der Waals surface area contributed by atoms with Crippen LogP contribution in [-0.2, 0) is 10.4 Å². The summed E-state index contributed by atoms with van der Waals surface area (Å²) in [6.07, 6.45) is 0. The van der Waals surface area contributed by atoms with Crippen molar-refractivity contribution in [3.8, 4) is 5.75 Å². The van der Waals surface area contributed by atoms with E-state index in [1.54, 1.807) is 19.2 Å². The summed E-state index contributed by atoms with van der Waals surface area (Å²) in [6, 6.07) is 7.27. The van der Waals surface area contributed by atoms with Crippen LogP contribution in [-0.4, -0.2) is 24.6 Å². The van der Waals surface area contributed by atoms with E-state index in [4.69, 9.17) is 28.0 Å². The van der Waals surface area contributed by atoms with Crippen LogP contribution in [0.4, 0.5) is 5.69 Å². The predicted molar refractivity (Wildman–Crippen MR) is 51.6 cm³/mol. The minimum absolute atomic E-state index is 0.760. The molecule has 0 saturated carbocycles. The van der Waals surface area contributed by atoms with Gasteiger partial charge in [0.1, 0.15) is 5.75 Å². The molecule has 14 heavy (non-hydrogen) atoms. The zero-order valence-electron chi connectivity index (χ0n) is 7.41. The minimum atomic E-state index is -4.67. The second kappa shape index (κ2) is 5.43. The molecule has 80 valence electrons. The Balaban J connectivity index is 0.000000292.